The van der Waals surface area contributed by atoms with Crippen molar-refractivity contribution in [3.8, 4) is 5.75 Å². The van der Waals surface area contributed by atoms with Crippen molar-refractivity contribution in [1.29, 1.82) is 0 Å². The monoisotopic (exact) mass is 459 g/mol. The maximum absolute atomic E-state index is 12.7. The SMILES string of the molecule is COc1ccc(S(=O)(=O)N(C)CCCNc2ncc(C(=O)c3ccccc3C)s2)cc1. The van der Waals surface area contributed by atoms with Crippen LogP contribution in [0.15, 0.2) is 59.6 Å². The topological polar surface area (TPSA) is 88.6 Å². The molecule has 164 valence electrons. The van der Waals surface area contributed by atoms with Crippen LogP contribution < -0.4 is 10.1 Å². The van der Waals surface area contributed by atoms with Crippen LogP contribution in [-0.2, 0) is 10.0 Å². The standard InChI is InChI=1S/C22H25N3O4S2/c1-16-7-4-5-8-19(16)21(26)20-15-24-22(30-20)23-13-6-14-25(2)31(27,28)18-11-9-17(29-3)10-12-18/h4-5,7-12,15H,6,13-14H2,1-3H3,(H,23,24). The first-order chi connectivity index (χ1) is 14.8. The van der Waals surface area contributed by atoms with Crippen molar-refractivity contribution in [2.75, 3.05) is 32.6 Å². The number of aryl methyl sites for hydroxylation is 1. The second kappa shape index (κ2) is 10.0. The molecule has 0 radical (unpaired) electrons. The largest absolute Gasteiger partial charge is 0.497 e. The fraction of sp³-hybridized carbons (Fsp3) is 0.273. The Bertz CT molecular complexity index is 1140. The summed E-state index contributed by atoms with van der Waals surface area (Å²) in [6, 6.07) is 13.8. The van der Waals surface area contributed by atoms with Crippen LogP contribution in [0.5, 0.6) is 5.75 Å². The van der Waals surface area contributed by atoms with E-state index in [0.717, 1.165) is 5.56 Å². The van der Waals surface area contributed by atoms with Gasteiger partial charge in [-0.2, -0.15) is 0 Å². The summed E-state index contributed by atoms with van der Waals surface area (Å²) in [4.78, 5) is 17.7. The molecule has 0 aliphatic rings. The van der Waals surface area contributed by atoms with Crippen molar-refractivity contribution in [2.24, 2.45) is 0 Å². The van der Waals surface area contributed by atoms with Gasteiger partial charge >= 0.3 is 0 Å². The molecule has 0 fully saturated rings. The summed E-state index contributed by atoms with van der Waals surface area (Å²) in [5.41, 5.74) is 1.60. The van der Waals surface area contributed by atoms with Gasteiger partial charge in [-0.15, -0.1) is 0 Å². The number of hydrogen-bond acceptors (Lipinski definition) is 7. The Labute approximate surface area is 186 Å². The third-order valence-electron chi connectivity index (χ3n) is 4.81. The summed E-state index contributed by atoms with van der Waals surface area (Å²) in [6.07, 6.45) is 2.16. The molecule has 0 aliphatic heterocycles. The molecule has 0 bridgehead atoms. The summed E-state index contributed by atoms with van der Waals surface area (Å²) in [5, 5.41) is 3.80. The summed E-state index contributed by atoms with van der Waals surface area (Å²) in [6.45, 7) is 2.79. The molecule has 0 saturated heterocycles. The van der Waals surface area contributed by atoms with E-state index in [1.807, 2.05) is 31.2 Å². The lowest BCUT2D eigenvalue weighted by Crippen LogP contribution is -2.29. The van der Waals surface area contributed by atoms with Crippen LogP contribution in [0.4, 0.5) is 5.13 Å². The first kappa shape index (κ1) is 22.9. The van der Waals surface area contributed by atoms with Crippen LogP contribution in [-0.4, -0.2) is 50.7 Å². The molecule has 0 aliphatic carbocycles. The lowest BCUT2D eigenvalue weighted by molar-refractivity contribution is 0.104. The van der Waals surface area contributed by atoms with E-state index in [2.05, 4.69) is 10.3 Å². The van der Waals surface area contributed by atoms with Crippen LogP contribution in [0.2, 0.25) is 0 Å². The maximum atomic E-state index is 12.7. The highest BCUT2D eigenvalue weighted by Gasteiger charge is 2.20. The van der Waals surface area contributed by atoms with Crippen molar-refractivity contribution in [1.82, 2.24) is 9.29 Å². The Morgan fingerprint density at radius 3 is 2.55 bits per heavy atom. The van der Waals surface area contributed by atoms with Gasteiger partial charge in [0.1, 0.15) is 5.75 Å². The fourth-order valence-corrected chi connectivity index (χ4v) is 4.97. The highest BCUT2D eigenvalue weighted by molar-refractivity contribution is 7.89. The summed E-state index contributed by atoms with van der Waals surface area (Å²) in [7, 11) is -0.467. The van der Waals surface area contributed by atoms with E-state index in [0.29, 0.717) is 40.8 Å². The molecule has 1 N–H and O–H groups in total. The first-order valence-electron chi connectivity index (χ1n) is 9.73. The van der Waals surface area contributed by atoms with E-state index in [9.17, 15) is 13.2 Å². The van der Waals surface area contributed by atoms with E-state index >= 15 is 0 Å². The highest BCUT2D eigenvalue weighted by Crippen LogP contribution is 2.23. The first-order valence-corrected chi connectivity index (χ1v) is 12.0. The van der Waals surface area contributed by atoms with Crippen molar-refractivity contribution < 1.29 is 17.9 Å². The van der Waals surface area contributed by atoms with Gasteiger partial charge in [0, 0.05) is 25.7 Å². The number of benzene rings is 2. The summed E-state index contributed by atoms with van der Waals surface area (Å²) >= 11 is 1.29. The number of nitrogens with zero attached hydrogens (tertiary/aromatic N) is 2. The number of aromatic nitrogens is 1. The number of carbonyl (C=O) groups is 1. The predicted molar refractivity (Wildman–Crippen MR) is 123 cm³/mol. The number of thiazole rings is 1. The minimum absolute atomic E-state index is 0.0473. The summed E-state index contributed by atoms with van der Waals surface area (Å²) < 4.78 is 31.7. The maximum Gasteiger partial charge on any atom is 0.242 e. The van der Waals surface area contributed by atoms with Gasteiger partial charge in [-0.1, -0.05) is 35.6 Å². The van der Waals surface area contributed by atoms with E-state index in [1.165, 1.54) is 34.9 Å². The molecule has 0 atom stereocenters. The fourth-order valence-electron chi connectivity index (χ4n) is 2.97. The number of carbonyl (C=O) groups excluding carboxylic acids is 1. The predicted octanol–water partition coefficient (Wildman–Crippen LogP) is 3.81. The molecular formula is C22H25N3O4S2. The molecule has 2 aromatic carbocycles. The molecule has 0 unspecified atom stereocenters. The average Bonchev–Trinajstić information content (AvgIpc) is 3.25. The Kier molecular flexibility index (Phi) is 7.42. The van der Waals surface area contributed by atoms with Gasteiger partial charge in [0.15, 0.2) is 5.13 Å². The Balaban J connectivity index is 1.51. The third kappa shape index (κ3) is 5.49. The zero-order valence-corrected chi connectivity index (χ0v) is 19.3. The van der Waals surface area contributed by atoms with Crippen molar-refractivity contribution >= 4 is 32.3 Å². The molecule has 1 heterocycles. The van der Waals surface area contributed by atoms with Crippen LogP contribution in [0.1, 0.15) is 27.2 Å². The number of ether oxygens (including phenoxy) is 1. The highest BCUT2D eigenvalue weighted by atomic mass is 32.2. The zero-order valence-electron chi connectivity index (χ0n) is 17.7. The second-order valence-electron chi connectivity index (χ2n) is 6.96. The van der Waals surface area contributed by atoms with Crippen molar-refractivity contribution in [3.05, 3.63) is 70.7 Å². The summed E-state index contributed by atoms with van der Waals surface area (Å²) in [5.74, 6) is 0.559. The number of methoxy groups -OCH3 is 1. The van der Waals surface area contributed by atoms with E-state index < -0.39 is 10.0 Å². The van der Waals surface area contributed by atoms with E-state index in [4.69, 9.17) is 4.74 Å². The van der Waals surface area contributed by atoms with Gasteiger partial charge in [-0.3, -0.25) is 4.79 Å². The minimum Gasteiger partial charge on any atom is -0.497 e. The quantitative estimate of drug-likeness (QED) is 0.366. The van der Waals surface area contributed by atoms with Gasteiger partial charge in [0.25, 0.3) is 0 Å². The number of ketones is 1. The van der Waals surface area contributed by atoms with Crippen molar-refractivity contribution in [3.63, 3.8) is 0 Å². The molecule has 3 rings (SSSR count). The van der Waals surface area contributed by atoms with Gasteiger partial charge in [-0.05, 0) is 43.2 Å². The van der Waals surface area contributed by atoms with Gasteiger partial charge < -0.3 is 10.1 Å². The molecule has 3 aromatic rings. The Morgan fingerprint density at radius 2 is 1.87 bits per heavy atom. The van der Waals surface area contributed by atoms with E-state index in [-0.39, 0.29) is 10.7 Å². The smallest absolute Gasteiger partial charge is 0.242 e. The molecule has 0 saturated carbocycles. The van der Waals surface area contributed by atoms with Gasteiger partial charge in [-0.25, -0.2) is 17.7 Å². The number of nitrogens with one attached hydrogen (secondary N) is 1. The molecule has 9 heteroatoms. The lowest BCUT2D eigenvalue weighted by Gasteiger charge is -2.17. The molecule has 1 aromatic heterocycles. The molecule has 31 heavy (non-hydrogen) atoms. The van der Waals surface area contributed by atoms with Crippen LogP contribution in [0, 0.1) is 6.92 Å². The molecular weight excluding hydrogens is 434 g/mol. The Hall–Kier alpha value is -2.75. The van der Waals surface area contributed by atoms with Gasteiger partial charge in [0.05, 0.1) is 23.1 Å². The van der Waals surface area contributed by atoms with E-state index in [1.54, 1.807) is 25.4 Å². The molecule has 0 spiro atoms. The van der Waals surface area contributed by atoms with Crippen LogP contribution in [0.25, 0.3) is 0 Å². The number of rotatable bonds is 10. The lowest BCUT2D eigenvalue weighted by atomic mass is 10.0. The van der Waals surface area contributed by atoms with Crippen LogP contribution in [0.3, 0.4) is 0 Å². The number of anilines is 1. The number of hydrogen-bond donors (Lipinski definition) is 1. The minimum atomic E-state index is -3.56. The normalized spacial score (nSPS) is 11.5. The third-order valence-corrected chi connectivity index (χ3v) is 7.64. The van der Waals surface area contributed by atoms with Crippen molar-refractivity contribution in [2.45, 2.75) is 18.2 Å². The van der Waals surface area contributed by atoms with Crippen LogP contribution >= 0.6 is 11.3 Å². The Morgan fingerprint density at radius 1 is 1.16 bits per heavy atom. The molecule has 0 amide bonds. The second-order valence-corrected chi connectivity index (χ2v) is 10.0. The van der Waals surface area contributed by atoms with Gasteiger partial charge in [0.2, 0.25) is 15.8 Å². The zero-order chi connectivity index (χ0) is 22.4. The molecule has 7 nitrogen and oxygen atoms in total. The number of sulfonamides is 1. The average molecular weight is 460 g/mol.